The molecule has 0 aliphatic heterocycles. The largest absolute Gasteiger partial charge is 0.262 e. The highest BCUT2D eigenvalue weighted by Gasteiger charge is 2.11. The molecule has 0 saturated carbocycles. The van der Waals surface area contributed by atoms with Crippen LogP contribution < -0.4 is 0 Å². The molecular weight excluding hydrogens is 233 g/mol. The number of aryl methyl sites for hydroxylation is 1. The molecule has 0 amide bonds. The molecule has 2 aromatic heterocycles. The molecule has 90 valence electrons. The van der Waals surface area contributed by atoms with Crippen molar-refractivity contribution in [1.82, 2.24) is 4.98 Å². The van der Waals surface area contributed by atoms with Gasteiger partial charge in [-0.25, -0.2) is 4.39 Å². The molecule has 2 heterocycles. The second kappa shape index (κ2) is 4.96. The second-order valence-electron chi connectivity index (χ2n) is 4.56. The number of nitrogens with zero attached hydrogens (tertiary/aromatic N) is 1. The Morgan fingerprint density at radius 3 is 2.71 bits per heavy atom. The summed E-state index contributed by atoms with van der Waals surface area (Å²) in [5.74, 6) is 0.315. The van der Waals surface area contributed by atoms with Crippen LogP contribution in [0.25, 0.3) is 0 Å². The molecule has 3 heteroatoms. The highest BCUT2D eigenvalue weighted by molar-refractivity contribution is 7.12. The number of hydrogen-bond acceptors (Lipinski definition) is 2. The predicted octanol–water partition coefficient (Wildman–Crippen LogP) is 4.30. The van der Waals surface area contributed by atoms with Crippen molar-refractivity contribution in [3.8, 4) is 0 Å². The van der Waals surface area contributed by atoms with Gasteiger partial charge in [-0.3, -0.25) is 4.98 Å². The van der Waals surface area contributed by atoms with E-state index in [0.717, 1.165) is 21.0 Å². The highest BCUT2D eigenvalue weighted by Crippen LogP contribution is 2.29. The molecule has 0 aliphatic carbocycles. The molecule has 0 aromatic carbocycles. The minimum Gasteiger partial charge on any atom is -0.262 e. The summed E-state index contributed by atoms with van der Waals surface area (Å²) in [7, 11) is 0. The highest BCUT2D eigenvalue weighted by atomic mass is 32.1. The van der Waals surface area contributed by atoms with E-state index in [2.05, 4.69) is 18.8 Å². The second-order valence-corrected chi connectivity index (χ2v) is 5.73. The van der Waals surface area contributed by atoms with Crippen LogP contribution in [0.2, 0.25) is 0 Å². The van der Waals surface area contributed by atoms with Crippen molar-refractivity contribution in [2.45, 2.75) is 33.1 Å². The number of aromatic nitrogens is 1. The zero-order valence-electron chi connectivity index (χ0n) is 10.3. The molecular formula is C14H16FNS. The van der Waals surface area contributed by atoms with Gasteiger partial charge in [0.15, 0.2) is 0 Å². The summed E-state index contributed by atoms with van der Waals surface area (Å²) in [6, 6.07) is 5.62. The van der Waals surface area contributed by atoms with Crippen LogP contribution in [0.15, 0.2) is 24.4 Å². The average molecular weight is 249 g/mol. The first-order valence-electron chi connectivity index (χ1n) is 5.76. The lowest BCUT2D eigenvalue weighted by Crippen LogP contribution is -1.89. The first-order valence-corrected chi connectivity index (χ1v) is 6.57. The first kappa shape index (κ1) is 12.2. The van der Waals surface area contributed by atoms with Crippen LogP contribution in [0.5, 0.6) is 0 Å². The topological polar surface area (TPSA) is 12.9 Å². The summed E-state index contributed by atoms with van der Waals surface area (Å²) in [5, 5.41) is 0. The molecule has 0 saturated heterocycles. The third-order valence-electron chi connectivity index (χ3n) is 2.67. The third kappa shape index (κ3) is 2.91. The molecule has 2 aromatic rings. The average Bonchev–Trinajstić information content (AvgIpc) is 2.61. The standard InChI is InChI=1S/C14H16FNS/c1-9(2)13-8-12(15)14(17-13)7-11-4-5-16-10(3)6-11/h4-6,8-9H,7H2,1-3H3. The van der Waals surface area contributed by atoms with Gasteiger partial charge >= 0.3 is 0 Å². The summed E-state index contributed by atoms with van der Waals surface area (Å²) < 4.78 is 13.8. The van der Waals surface area contributed by atoms with E-state index >= 15 is 0 Å². The first-order chi connectivity index (χ1) is 8.06. The van der Waals surface area contributed by atoms with E-state index in [1.165, 1.54) is 0 Å². The number of pyridine rings is 1. The Balaban J connectivity index is 2.24. The SMILES string of the molecule is Cc1cc(Cc2sc(C(C)C)cc2F)ccn1. The molecule has 0 unspecified atom stereocenters. The summed E-state index contributed by atoms with van der Waals surface area (Å²) in [4.78, 5) is 6.08. The Kier molecular flexibility index (Phi) is 3.57. The fourth-order valence-corrected chi connectivity index (χ4v) is 2.81. The lowest BCUT2D eigenvalue weighted by molar-refractivity contribution is 0.620. The summed E-state index contributed by atoms with van der Waals surface area (Å²) in [6.45, 7) is 6.13. The fraction of sp³-hybridized carbons (Fsp3) is 0.357. The van der Waals surface area contributed by atoms with Gasteiger partial charge in [0.2, 0.25) is 0 Å². The quantitative estimate of drug-likeness (QED) is 0.790. The van der Waals surface area contributed by atoms with Crippen molar-refractivity contribution in [3.05, 3.63) is 51.2 Å². The Hall–Kier alpha value is -1.22. The molecule has 0 atom stereocenters. The van der Waals surface area contributed by atoms with E-state index in [-0.39, 0.29) is 5.82 Å². The van der Waals surface area contributed by atoms with Crippen LogP contribution in [0.1, 0.15) is 40.8 Å². The number of thiophene rings is 1. The van der Waals surface area contributed by atoms with Crippen LogP contribution in [0.4, 0.5) is 4.39 Å². The van der Waals surface area contributed by atoms with Crippen molar-refractivity contribution in [1.29, 1.82) is 0 Å². The monoisotopic (exact) mass is 249 g/mol. The van der Waals surface area contributed by atoms with Crippen molar-refractivity contribution in [2.24, 2.45) is 0 Å². The molecule has 0 aliphatic rings. The Morgan fingerprint density at radius 2 is 2.12 bits per heavy atom. The molecule has 0 N–H and O–H groups in total. The van der Waals surface area contributed by atoms with E-state index < -0.39 is 0 Å². The third-order valence-corrected chi connectivity index (χ3v) is 4.08. The van der Waals surface area contributed by atoms with E-state index in [4.69, 9.17) is 0 Å². The minimum absolute atomic E-state index is 0.0758. The molecule has 17 heavy (non-hydrogen) atoms. The number of halogens is 1. The maximum Gasteiger partial charge on any atom is 0.137 e. The van der Waals surface area contributed by atoms with Gasteiger partial charge in [-0.1, -0.05) is 13.8 Å². The maximum atomic E-state index is 13.8. The maximum absolute atomic E-state index is 13.8. The molecule has 0 fully saturated rings. The van der Waals surface area contributed by atoms with Crippen molar-refractivity contribution in [2.75, 3.05) is 0 Å². The van der Waals surface area contributed by atoms with Crippen molar-refractivity contribution >= 4 is 11.3 Å². The smallest absolute Gasteiger partial charge is 0.137 e. The molecule has 0 spiro atoms. The van der Waals surface area contributed by atoms with Gasteiger partial charge in [-0.2, -0.15) is 0 Å². The summed E-state index contributed by atoms with van der Waals surface area (Å²) >= 11 is 1.57. The summed E-state index contributed by atoms with van der Waals surface area (Å²) in [5.41, 5.74) is 2.09. The lowest BCUT2D eigenvalue weighted by atomic mass is 10.1. The minimum atomic E-state index is -0.0758. The molecule has 0 radical (unpaired) electrons. The Bertz CT molecular complexity index is 517. The predicted molar refractivity (Wildman–Crippen MR) is 70.1 cm³/mol. The number of rotatable bonds is 3. The van der Waals surface area contributed by atoms with Gasteiger partial charge in [0.25, 0.3) is 0 Å². The van der Waals surface area contributed by atoms with Crippen LogP contribution in [0, 0.1) is 12.7 Å². The van der Waals surface area contributed by atoms with Crippen molar-refractivity contribution in [3.63, 3.8) is 0 Å². The van der Waals surface area contributed by atoms with Gasteiger partial charge in [-0.15, -0.1) is 11.3 Å². The zero-order valence-corrected chi connectivity index (χ0v) is 11.1. The van der Waals surface area contributed by atoms with Gasteiger partial charge < -0.3 is 0 Å². The lowest BCUT2D eigenvalue weighted by Gasteiger charge is -2.00. The van der Waals surface area contributed by atoms with Crippen LogP contribution in [-0.4, -0.2) is 4.98 Å². The number of hydrogen-bond donors (Lipinski definition) is 0. The summed E-state index contributed by atoms with van der Waals surface area (Å²) in [6.07, 6.45) is 2.44. The van der Waals surface area contributed by atoms with E-state index in [1.807, 2.05) is 19.1 Å². The molecule has 2 rings (SSSR count). The normalized spacial score (nSPS) is 11.1. The van der Waals surface area contributed by atoms with Crippen molar-refractivity contribution < 1.29 is 4.39 Å². The van der Waals surface area contributed by atoms with E-state index in [9.17, 15) is 4.39 Å². The Morgan fingerprint density at radius 1 is 1.35 bits per heavy atom. The van der Waals surface area contributed by atoms with E-state index in [1.54, 1.807) is 23.6 Å². The molecule has 1 nitrogen and oxygen atoms in total. The van der Waals surface area contributed by atoms with Gasteiger partial charge in [0.1, 0.15) is 5.82 Å². The molecule has 0 bridgehead atoms. The van der Waals surface area contributed by atoms with E-state index in [0.29, 0.717) is 12.3 Å². The van der Waals surface area contributed by atoms with Crippen LogP contribution >= 0.6 is 11.3 Å². The fourth-order valence-electron chi connectivity index (χ4n) is 1.73. The van der Waals surface area contributed by atoms with Gasteiger partial charge in [0, 0.05) is 28.1 Å². The zero-order chi connectivity index (χ0) is 12.4. The van der Waals surface area contributed by atoms with Gasteiger partial charge in [0.05, 0.1) is 0 Å². The van der Waals surface area contributed by atoms with Gasteiger partial charge in [-0.05, 0) is 36.6 Å². The Labute approximate surface area is 105 Å². The van der Waals surface area contributed by atoms with Crippen LogP contribution in [0.3, 0.4) is 0 Å². The van der Waals surface area contributed by atoms with Crippen LogP contribution in [-0.2, 0) is 6.42 Å².